The van der Waals surface area contributed by atoms with Gasteiger partial charge in [-0.05, 0) is 87.0 Å². The van der Waals surface area contributed by atoms with Gasteiger partial charge in [0.1, 0.15) is 5.75 Å². The van der Waals surface area contributed by atoms with Crippen LogP contribution in [-0.2, 0) is 12.8 Å². The number of benzene rings is 2. The van der Waals surface area contributed by atoms with E-state index in [-0.39, 0.29) is 6.02 Å². The van der Waals surface area contributed by atoms with E-state index in [1.807, 2.05) is 48.5 Å². The molecule has 0 spiro atoms. The maximum atomic E-state index is 9.12. The van der Waals surface area contributed by atoms with Gasteiger partial charge in [0.2, 0.25) is 6.19 Å². The van der Waals surface area contributed by atoms with Crippen molar-refractivity contribution in [3.63, 3.8) is 0 Å². The first-order chi connectivity index (χ1) is 14.2. The fraction of sp³-hybridized carbons (Fsp3) is 0.417. The van der Waals surface area contributed by atoms with E-state index >= 15 is 0 Å². The molecule has 2 aromatic carbocycles. The molecule has 2 aromatic rings. The summed E-state index contributed by atoms with van der Waals surface area (Å²) >= 11 is 0. The fourth-order valence-electron chi connectivity index (χ4n) is 4.47. The lowest BCUT2D eigenvalue weighted by Crippen LogP contribution is -2.32. The number of likely N-dealkylation sites (tertiary alicyclic amines) is 1. The molecule has 1 aliphatic carbocycles. The van der Waals surface area contributed by atoms with Crippen molar-refractivity contribution in [1.82, 2.24) is 4.90 Å². The van der Waals surface area contributed by atoms with Crippen molar-refractivity contribution in [2.75, 3.05) is 25.0 Å². The quantitative estimate of drug-likeness (QED) is 0.339. The highest BCUT2D eigenvalue weighted by Crippen LogP contribution is 2.29. The van der Waals surface area contributed by atoms with Crippen LogP contribution in [0.25, 0.3) is 0 Å². The van der Waals surface area contributed by atoms with Gasteiger partial charge in [0, 0.05) is 18.8 Å². The molecule has 1 unspecified atom stereocenters. The van der Waals surface area contributed by atoms with Gasteiger partial charge in [-0.3, -0.25) is 4.90 Å². The number of anilines is 1. The number of nitrogens with zero attached hydrogens (tertiary/aromatic N) is 4. The van der Waals surface area contributed by atoms with Crippen LogP contribution >= 0.6 is 0 Å². The molecule has 29 heavy (non-hydrogen) atoms. The molecule has 0 N–H and O–H groups in total. The van der Waals surface area contributed by atoms with Crippen LogP contribution in [0.3, 0.4) is 0 Å². The molecule has 0 saturated carbocycles. The van der Waals surface area contributed by atoms with Gasteiger partial charge < -0.3 is 9.64 Å². The van der Waals surface area contributed by atoms with E-state index < -0.39 is 0 Å². The Bertz CT molecular complexity index is 897. The number of rotatable bonds is 3. The Kier molecular flexibility index (Phi) is 6.12. The van der Waals surface area contributed by atoms with Crippen LogP contribution in [0, 0.1) is 11.5 Å². The van der Waals surface area contributed by atoms with Gasteiger partial charge in [-0.2, -0.15) is 5.26 Å². The topological polar surface area (TPSA) is 51.9 Å². The summed E-state index contributed by atoms with van der Waals surface area (Å²) in [6.45, 7) is 2.53. The van der Waals surface area contributed by atoms with Crippen LogP contribution in [0.5, 0.6) is 5.75 Å². The molecule has 0 bridgehead atoms. The van der Waals surface area contributed by atoms with E-state index in [0.29, 0.717) is 11.8 Å². The van der Waals surface area contributed by atoms with E-state index in [0.717, 1.165) is 18.5 Å². The molecule has 1 atom stereocenters. The van der Waals surface area contributed by atoms with Gasteiger partial charge in [0.15, 0.2) is 0 Å². The van der Waals surface area contributed by atoms with Gasteiger partial charge >= 0.3 is 6.02 Å². The summed E-state index contributed by atoms with van der Waals surface area (Å²) in [7, 11) is 1.89. The normalized spacial score (nSPS) is 19.9. The minimum atomic E-state index is 0.280. The number of hydrogen-bond donors (Lipinski definition) is 0. The number of amidine groups is 1. The first kappa shape index (κ1) is 19.5. The molecule has 1 fully saturated rings. The van der Waals surface area contributed by atoms with Crippen LogP contribution < -0.4 is 9.64 Å². The third-order valence-corrected chi connectivity index (χ3v) is 6.11. The Morgan fingerprint density at radius 1 is 1.07 bits per heavy atom. The molecule has 5 heteroatoms. The van der Waals surface area contributed by atoms with Crippen molar-refractivity contribution in [2.45, 2.75) is 44.6 Å². The van der Waals surface area contributed by atoms with Crippen LogP contribution in [0.4, 0.5) is 5.69 Å². The molecule has 0 aromatic heterocycles. The van der Waals surface area contributed by atoms with Gasteiger partial charge in [-0.15, -0.1) is 4.99 Å². The van der Waals surface area contributed by atoms with E-state index in [1.54, 1.807) is 0 Å². The van der Waals surface area contributed by atoms with Crippen LogP contribution in [0.1, 0.15) is 36.8 Å². The maximum absolute atomic E-state index is 9.12. The molecule has 1 aliphatic heterocycles. The minimum absolute atomic E-state index is 0.280. The second-order valence-electron chi connectivity index (χ2n) is 7.90. The number of nitriles is 1. The average molecular weight is 389 g/mol. The summed E-state index contributed by atoms with van der Waals surface area (Å²) in [5.74, 6) is 0.663. The molecular formula is C24H28N4O. The molecule has 0 radical (unpaired) electrons. The lowest BCUT2D eigenvalue weighted by Gasteiger charge is -2.26. The van der Waals surface area contributed by atoms with E-state index in [2.05, 4.69) is 28.1 Å². The molecule has 4 rings (SSSR count). The van der Waals surface area contributed by atoms with E-state index in [4.69, 9.17) is 10.00 Å². The Morgan fingerprint density at radius 2 is 1.79 bits per heavy atom. The zero-order valence-corrected chi connectivity index (χ0v) is 17.1. The lowest BCUT2D eigenvalue weighted by molar-refractivity contribution is 0.222. The summed E-state index contributed by atoms with van der Waals surface area (Å²) < 4.78 is 5.87. The summed E-state index contributed by atoms with van der Waals surface area (Å²) in [5, 5.41) is 9.12. The Morgan fingerprint density at radius 3 is 2.52 bits per heavy atom. The van der Waals surface area contributed by atoms with Gasteiger partial charge in [0.25, 0.3) is 0 Å². The zero-order chi connectivity index (χ0) is 20.1. The summed E-state index contributed by atoms with van der Waals surface area (Å²) in [6, 6.07) is 17.0. The van der Waals surface area contributed by atoms with Gasteiger partial charge in [0.05, 0.1) is 0 Å². The van der Waals surface area contributed by atoms with Crippen LogP contribution in [0.15, 0.2) is 53.5 Å². The van der Waals surface area contributed by atoms with Crippen molar-refractivity contribution in [2.24, 2.45) is 4.99 Å². The third kappa shape index (κ3) is 4.60. The number of aryl methyl sites for hydroxylation is 2. The predicted octanol–water partition coefficient (Wildman–Crippen LogP) is 4.38. The zero-order valence-electron chi connectivity index (χ0n) is 17.1. The largest absolute Gasteiger partial charge is 0.425 e. The van der Waals surface area contributed by atoms with Gasteiger partial charge in [-0.25, -0.2) is 0 Å². The van der Waals surface area contributed by atoms with Crippen LogP contribution in [0.2, 0.25) is 0 Å². The van der Waals surface area contributed by atoms with Crippen molar-refractivity contribution < 1.29 is 4.74 Å². The summed E-state index contributed by atoms with van der Waals surface area (Å²) in [6.07, 6.45) is 9.27. The molecule has 150 valence electrons. The molecule has 0 amide bonds. The average Bonchev–Trinajstić information content (AvgIpc) is 3.21. The van der Waals surface area contributed by atoms with Crippen molar-refractivity contribution in [1.29, 1.82) is 5.26 Å². The van der Waals surface area contributed by atoms with Crippen molar-refractivity contribution >= 4 is 11.7 Å². The molecule has 1 saturated heterocycles. The Balaban J connectivity index is 1.50. The Labute approximate surface area is 173 Å². The smallest absolute Gasteiger partial charge is 0.312 e. The monoisotopic (exact) mass is 388 g/mol. The third-order valence-electron chi connectivity index (χ3n) is 6.11. The number of ether oxygens (including phenoxy) is 1. The fourth-order valence-corrected chi connectivity index (χ4v) is 4.47. The molecule has 2 aliphatic rings. The number of aliphatic imine (C=N–C) groups is 1. The van der Waals surface area contributed by atoms with Crippen molar-refractivity contribution in [3.05, 3.63) is 59.7 Å². The minimum Gasteiger partial charge on any atom is -0.425 e. The van der Waals surface area contributed by atoms with Gasteiger partial charge in [-0.1, -0.05) is 24.3 Å². The first-order valence-electron chi connectivity index (χ1n) is 10.5. The first-order valence-corrected chi connectivity index (χ1v) is 10.5. The highest BCUT2D eigenvalue weighted by molar-refractivity contribution is 5.93. The Hall–Kier alpha value is -2.84. The maximum Gasteiger partial charge on any atom is 0.312 e. The van der Waals surface area contributed by atoms with Crippen molar-refractivity contribution in [3.8, 4) is 11.9 Å². The van der Waals surface area contributed by atoms with E-state index in [9.17, 15) is 0 Å². The summed E-state index contributed by atoms with van der Waals surface area (Å²) in [5.41, 5.74) is 3.85. The standard InChI is InChI=1S/C24H28N4O/c1-27(24(26-18-25)29-23-7-3-2-4-8-23)22-14-10-19-9-12-21(13-11-20(19)17-22)28-15-5-6-16-28/h2-4,7-8,10,14,17,21H,5-6,9,11-13,15-16H2,1H3. The predicted molar refractivity (Wildman–Crippen MR) is 116 cm³/mol. The SMILES string of the molecule is CN(C(=NC#N)Oc1ccccc1)c1ccc2c(c1)CCC(N1CCCC1)CC2. The second-order valence-corrected chi connectivity index (χ2v) is 7.90. The number of fused-ring (bicyclic) bond motifs is 1. The molecule has 1 heterocycles. The second kappa shape index (κ2) is 9.11. The lowest BCUT2D eigenvalue weighted by atomic mass is 10.0. The number of para-hydroxylation sites is 1. The van der Waals surface area contributed by atoms with Crippen LogP contribution in [-0.4, -0.2) is 37.1 Å². The number of hydrogen-bond acceptors (Lipinski definition) is 4. The molecular weight excluding hydrogens is 360 g/mol. The van der Waals surface area contributed by atoms with E-state index in [1.165, 1.54) is 49.9 Å². The highest BCUT2D eigenvalue weighted by Gasteiger charge is 2.25. The summed E-state index contributed by atoms with van der Waals surface area (Å²) in [4.78, 5) is 8.44. The highest BCUT2D eigenvalue weighted by atomic mass is 16.5. The molecule has 5 nitrogen and oxygen atoms in total.